The first kappa shape index (κ1) is 8.48. The summed E-state index contributed by atoms with van der Waals surface area (Å²) in [6, 6.07) is 0. The molecule has 0 bridgehead atoms. The fourth-order valence-corrected chi connectivity index (χ4v) is 1.17. The lowest BCUT2D eigenvalue weighted by molar-refractivity contribution is 0.298. The molecule has 1 radical (unpaired) electrons. The van der Waals surface area contributed by atoms with Gasteiger partial charge in [-0.2, -0.15) is 0 Å². The van der Waals surface area contributed by atoms with Crippen LogP contribution in [0.5, 0.6) is 0 Å². The minimum Gasteiger partial charge on any atom is -0.396 e. The molecule has 0 aliphatic heterocycles. The molecule has 6 heteroatoms. The molecule has 0 aliphatic carbocycles. The van der Waals surface area contributed by atoms with Crippen LogP contribution in [0, 0.1) is 6.42 Å². The summed E-state index contributed by atoms with van der Waals surface area (Å²) < 4.78 is 0. The molecule has 0 saturated heterocycles. The van der Waals surface area contributed by atoms with Crippen LogP contribution in [0.3, 0.4) is 0 Å². The summed E-state index contributed by atoms with van der Waals surface area (Å²) >= 11 is 1.51. The fraction of sp³-hybridized carbons (Fsp3) is 0.600. The van der Waals surface area contributed by atoms with E-state index < -0.39 is 0 Å². The molecule has 0 unspecified atom stereocenters. The fourth-order valence-electron chi connectivity index (χ4n) is 0.524. The Morgan fingerprint density at radius 3 is 3.18 bits per heavy atom. The van der Waals surface area contributed by atoms with Gasteiger partial charge in [0.25, 0.3) is 0 Å². The number of nitrogens with zero attached hydrogens (tertiary/aromatic N) is 3. The Hall–Kier alpha value is -0.620. The van der Waals surface area contributed by atoms with Gasteiger partial charge in [0.2, 0.25) is 5.16 Å². The van der Waals surface area contributed by atoms with Gasteiger partial charge in [-0.15, -0.1) is 5.10 Å². The average Bonchev–Trinajstić information content (AvgIpc) is 2.50. The molecule has 0 amide bonds. The summed E-state index contributed by atoms with van der Waals surface area (Å²) in [5.41, 5.74) is 0. The molecule has 0 aromatic carbocycles. The lowest BCUT2D eigenvalue weighted by Crippen LogP contribution is -1.87. The van der Waals surface area contributed by atoms with Gasteiger partial charge in [0.15, 0.2) is 0 Å². The van der Waals surface area contributed by atoms with Crippen LogP contribution < -0.4 is 0 Å². The van der Waals surface area contributed by atoms with Gasteiger partial charge >= 0.3 is 0 Å². The SMILES string of the molecule is OCC[CH]CSc1nnn[nH]1. The molecule has 1 heterocycles. The maximum atomic E-state index is 8.43. The molecular weight excluding hydrogens is 164 g/mol. The summed E-state index contributed by atoms with van der Waals surface area (Å²) in [6.45, 7) is 0.204. The van der Waals surface area contributed by atoms with Crippen molar-refractivity contribution in [2.45, 2.75) is 11.6 Å². The van der Waals surface area contributed by atoms with Crippen LogP contribution in [-0.2, 0) is 0 Å². The van der Waals surface area contributed by atoms with Gasteiger partial charge in [-0.3, -0.25) is 0 Å². The van der Waals surface area contributed by atoms with Gasteiger partial charge < -0.3 is 5.11 Å². The first-order valence-electron chi connectivity index (χ1n) is 3.22. The summed E-state index contributed by atoms with van der Waals surface area (Å²) in [5.74, 6) is 0.817. The van der Waals surface area contributed by atoms with Crippen LogP contribution >= 0.6 is 11.8 Å². The van der Waals surface area contributed by atoms with E-state index in [2.05, 4.69) is 20.6 Å². The number of hydrogen-bond donors (Lipinski definition) is 2. The van der Waals surface area contributed by atoms with Gasteiger partial charge in [0.1, 0.15) is 0 Å². The zero-order chi connectivity index (χ0) is 7.94. The highest BCUT2D eigenvalue weighted by molar-refractivity contribution is 7.99. The predicted octanol–water partition coefficient (Wildman–Crippen LogP) is -0.122. The van der Waals surface area contributed by atoms with Crippen molar-refractivity contribution < 1.29 is 5.11 Å². The van der Waals surface area contributed by atoms with Gasteiger partial charge in [0, 0.05) is 12.4 Å². The van der Waals surface area contributed by atoms with Crippen molar-refractivity contribution in [1.29, 1.82) is 0 Å². The number of aromatic amines is 1. The van der Waals surface area contributed by atoms with Gasteiger partial charge in [-0.25, -0.2) is 5.10 Å². The van der Waals surface area contributed by atoms with E-state index >= 15 is 0 Å². The zero-order valence-electron chi connectivity index (χ0n) is 5.90. The second kappa shape index (κ2) is 5.09. The second-order valence-electron chi connectivity index (χ2n) is 1.82. The number of aliphatic hydroxyl groups excluding tert-OH is 1. The van der Waals surface area contributed by atoms with E-state index in [-0.39, 0.29) is 6.61 Å². The number of unbranched alkanes of at least 4 members (excludes halogenated alkanes) is 1. The van der Waals surface area contributed by atoms with Gasteiger partial charge in [-0.05, 0) is 23.3 Å². The highest BCUT2D eigenvalue weighted by atomic mass is 32.2. The molecule has 0 fully saturated rings. The first-order valence-corrected chi connectivity index (χ1v) is 4.21. The van der Waals surface area contributed by atoms with Crippen LogP contribution in [0.1, 0.15) is 6.42 Å². The standard InChI is InChI=1S/C5H9N4OS/c10-3-1-2-4-11-5-6-8-9-7-5/h2,10H,1,3-4H2,(H,6,7,8,9). The minimum absolute atomic E-state index is 0.204. The number of aliphatic hydroxyl groups is 1. The van der Waals surface area contributed by atoms with E-state index in [1.165, 1.54) is 11.8 Å². The smallest absolute Gasteiger partial charge is 0.206 e. The summed E-state index contributed by atoms with van der Waals surface area (Å²) in [5, 5.41) is 22.3. The maximum Gasteiger partial charge on any atom is 0.206 e. The van der Waals surface area contributed by atoms with Crippen LogP contribution in [0.25, 0.3) is 0 Å². The van der Waals surface area contributed by atoms with Crippen molar-refractivity contribution in [2.75, 3.05) is 12.4 Å². The van der Waals surface area contributed by atoms with Crippen molar-refractivity contribution in [3.8, 4) is 0 Å². The summed E-state index contributed by atoms with van der Waals surface area (Å²) in [6.07, 6.45) is 2.70. The Morgan fingerprint density at radius 1 is 1.64 bits per heavy atom. The molecule has 0 atom stereocenters. The lowest BCUT2D eigenvalue weighted by Gasteiger charge is -1.93. The third-order valence-electron chi connectivity index (χ3n) is 0.997. The van der Waals surface area contributed by atoms with Gasteiger partial charge in [-0.1, -0.05) is 11.8 Å². The van der Waals surface area contributed by atoms with Crippen LogP contribution in [0.2, 0.25) is 0 Å². The zero-order valence-corrected chi connectivity index (χ0v) is 6.71. The quantitative estimate of drug-likeness (QED) is 0.479. The van der Waals surface area contributed by atoms with Crippen molar-refractivity contribution in [3.05, 3.63) is 6.42 Å². The van der Waals surface area contributed by atoms with E-state index in [9.17, 15) is 0 Å². The average molecular weight is 173 g/mol. The number of thioether (sulfide) groups is 1. The molecule has 1 rings (SSSR count). The monoisotopic (exact) mass is 173 g/mol. The summed E-state index contributed by atoms with van der Waals surface area (Å²) in [4.78, 5) is 0. The number of rotatable bonds is 5. The number of nitrogens with one attached hydrogen (secondary N) is 1. The highest BCUT2D eigenvalue weighted by Gasteiger charge is 1.96. The molecule has 1 aromatic rings. The lowest BCUT2D eigenvalue weighted by atomic mass is 10.4. The van der Waals surface area contributed by atoms with E-state index in [0.717, 1.165) is 5.75 Å². The molecule has 2 N–H and O–H groups in total. The van der Waals surface area contributed by atoms with E-state index in [4.69, 9.17) is 5.11 Å². The normalized spacial score (nSPS) is 10.3. The third kappa shape index (κ3) is 3.33. The van der Waals surface area contributed by atoms with Crippen molar-refractivity contribution in [3.63, 3.8) is 0 Å². The molecular formula is C5H9N4OS. The third-order valence-corrected chi connectivity index (χ3v) is 1.85. The van der Waals surface area contributed by atoms with Crippen molar-refractivity contribution in [2.24, 2.45) is 0 Å². The molecule has 0 saturated carbocycles. The maximum absolute atomic E-state index is 8.43. The number of H-pyrrole nitrogens is 1. The topological polar surface area (TPSA) is 74.7 Å². The van der Waals surface area contributed by atoms with Gasteiger partial charge in [0.05, 0.1) is 0 Å². The number of hydrogen-bond acceptors (Lipinski definition) is 5. The molecule has 5 nitrogen and oxygen atoms in total. The van der Waals surface area contributed by atoms with Crippen LogP contribution in [-0.4, -0.2) is 38.1 Å². The Balaban J connectivity index is 2.04. The Morgan fingerprint density at radius 2 is 2.55 bits per heavy atom. The molecule has 11 heavy (non-hydrogen) atoms. The number of aromatic nitrogens is 4. The van der Waals surface area contributed by atoms with Crippen LogP contribution in [0.15, 0.2) is 5.16 Å². The molecule has 0 spiro atoms. The molecule has 0 aliphatic rings. The van der Waals surface area contributed by atoms with E-state index in [1.54, 1.807) is 0 Å². The molecule has 1 aromatic heterocycles. The van der Waals surface area contributed by atoms with E-state index in [1.807, 2.05) is 6.42 Å². The Bertz CT molecular complexity index is 179. The van der Waals surface area contributed by atoms with Crippen LogP contribution in [0.4, 0.5) is 0 Å². The second-order valence-corrected chi connectivity index (χ2v) is 2.83. The summed E-state index contributed by atoms with van der Waals surface area (Å²) in [7, 11) is 0. The highest BCUT2D eigenvalue weighted by Crippen LogP contribution is 2.10. The Kier molecular flexibility index (Phi) is 3.92. The van der Waals surface area contributed by atoms with Crippen molar-refractivity contribution in [1.82, 2.24) is 20.6 Å². The van der Waals surface area contributed by atoms with Crippen molar-refractivity contribution >= 4 is 11.8 Å². The first-order chi connectivity index (χ1) is 5.43. The number of tetrazole rings is 1. The largest absolute Gasteiger partial charge is 0.396 e. The molecule has 61 valence electrons. The van der Waals surface area contributed by atoms with E-state index in [0.29, 0.717) is 11.6 Å². The predicted molar refractivity (Wildman–Crippen MR) is 40.9 cm³/mol. The minimum atomic E-state index is 0.204. The Labute approximate surface area is 68.6 Å².